The molecular formula is C13H29NO4P2. The highest BCUT2D eigenvalue weighted by molar-refractivity contribution is 7.62. The minimum Gasteiger partial charge on any atom is -0.323 e. The van der Waals surface area contributed by atoms with Crippen molar-refractivity contribution < 1.29 is 18.2 Å². The molecule has 1 aliphatic carbocycles. The molecule has 0 aromatic rings. The SMILES string of the molecule is CCOP(=O)(OCC)C1(NCP(C)(C)=O)CCCCC1. The van der Waals surface area contributed by atoms with Gasteiger partial charge in [0.15, 0.2) is 0 Å². The Balaban J connectivity index is 3.01. The lowest BCUT2D eigenvalue weighted by Crippen LogP contribution is -2.47. The summed E-state index contributed by atoms with van der Waals surface area (Å²) < 4.78 is 36.3. The summed E-state index contributed by atoms with van der Waals surface area (Å²) in [5.74, 6) is 0. The molecule has 120 valence electrons. The predicted molar refractivity (Wildman–Crippen MR) is 84.1 cm³/mol. The normalized spacial score (nSPS) is 20.0. The van der Waals surface area contributed by atoms with E-state index in [-0.39, 0.29) is 0 Å². The molecule has 0 bridgehead atoms. The lowest BCUT2D eigenvalue weighted by Gasteiger charge is -2.42. The minimum atomic E-state index is -3.24. The second-order valence-corrected chi connectivity index (χ2v) is 11.7. The highest BCUT2D eigenvalue weighted by atomic mass is 31.2. The molecule has 1 saturated carbocycles. The van der Waals surface area contributed by atoms with Crippen LogP contribution in [0.4, 0.5) is 0 Å². The van der Waals surface area contributed by atoms with Crippen LogP contribution in [0, 0.1) is 0 Å². The van der Waals surface area contributed by atoms with Crippen LogP contribution in [-0.4, -0.2) is 38.1 Å². The van der Waals surface area contributed by atoms with Gasteiger partial charge in [-0.3, -0.25) is 9.88 Å². The molecule has 0 spiro atoms. The van der Waals surface area contributed by atoms with E-state index < -0.39 is 20.0 Å². The molecule has 1 fully saturated rings. The average molecular weight is 325 g/mol. The van der Waals surface area contributed by atoms with Gasteiger partial charge in [0.2, 0.25) is 0 Å². The van der Waals surface area contributed by atoms with Crippen molar-refractivity contribution in [3.8, 4) is 0 Å². The molecule has 0 aliphatic heterocycles. The lowest BCUT2D eigenvalue weighted by atomic mass is 9.95. The van der Waals surface area contributed by atoms with Crippen LogP contribution in [0.25, 0.3) is 0 Å². The fourth-order valence-electron chi connectivity index (χ4n) is 2.65. The third kappa shape index (κ3) is 4.68. The Morgan fingerprint density at radius 1 is 1.00 bits per heavy atom. The maximum Gasteiger partial charge on any atom is 0.350 e. The first kappa shape index (κ1) is 18.4. The van der Waals surface area contributed by atoms with Gasteiger partial charge < -0.3 is 13.6 Å². The zero-order valence-corrected chi connectivity index (χ0v) is 15.0. The van der Waals surface area contributed by atoms with Gasteiger partial charge in [0.25, 0.3) is 0 Å². The fraction of sp³-hybridized carbons (Fsp3) is 1.00. The third-order valence-corrected chi connectivity index (χ3v) is 7.36. The quantitative estimate of drug-likeness (QED) is 0.681. The van der Waals surface area contributed by atoms with E-state index in [4.69, 9.17) is 9.05 Å². The Morgan fingerprint density at radius 2 is 1.50 bits per heavy atom. The van der Waals surface area contributed by atoms with Crippen molar-refractivity contribution in [3.05, 3.63) is 0 Å². The Labute approximate surface area is 123 Å². The Hall–Kier alpha value is 0.340. The summed E-state index contributed by atoms with van der Waals surface area (Å²) in [6, 6.07) is 0. The molecule has 1 rings (SSSR count). The second kappa shape index (κ2) is 7.56. The van der Waals surface area contributed by atoms with Gasteiger partial charge in [0, 0.05) is 6.29 Å². The van der Waals surface area contributed by atoms with Crippen molar-refractivity contribution in [2.45, 2.75) is 51.2 Å². The molecule has 0 amide bonds. The van der Waals surface area contributed by atoms with E-state index in [0.717, 1.165) is 32.1 Å². The number of nitrogens with one attached hydrogen (secondary N) is 1. The van der Waals surface area contributed by atoms with Crippen molar-refractivity contribution >= 4 is 14.7 Å². The summed E-state index contributed by atoms with van der Waals surface area (Å²) in [4.78, 5) is 0. The average Bonchev–Trinajstić information content (AvgIpc) is 2.37. The van der Waals surface area contributed by atoms with Crippen LogP contribution in [0.5, 0.6) is 0 Å². The van der Waals surface area contributed by atoms with Gasteiger partial charge >= 0.3 is 7.60 Å². The van der Waals surface area contributed by atoms with Crippen molar-refractivity contribution in [1.29, 1.82) is 0 Å². The minimum absolute atomic E-state index is 0.358. The van der Waals surface area contributed by atoms with Crippen LogP contribution in [0.1, 0.15) is 46.0 Å². The Kier molecular flexibility index (Phi) is 6.95. The molecule has 1 N–H and O–H groups in total. The fourth-order valence-corrected chi connectivity index (χ4v) is 5.84. The summed E-state index contributed by atoms with van der Waals surface area (Å²) in [5.41, 5.74) is 0. The van der Waals surface area contributed by atoms with Crippen LogP contribution in [0.3, 0.4) is 0 Å². The van der Waals surface area contributed by atoms with Crippen molar-refractivity contribution in [1.82, 2.24) is 5.32 Å². The third-order valence-electron chi connectivity index (χ3n) is 3.59. The van der Waals surface area contributed by atoms with Crippen LogP contribution < -0.4 is 5.32 Å². The van der Waals surface area contributed by atoms with Gasteiger partial charge in [-0.1, -0.05) is 19.3 Å². The zero-order chi connectivity index (χ0) is 15.3. The van der Waals surface area contributed by atoms with Gasteiger partial charge in [0.05, 0.1) is 20.4 Å². The molecule has 1 aliphatic rings. The van der Waals surface area contributed by atoms with E-state index in [0.29, 0.717) is 19.5 Å². The van der Waals surface area contributed by atoms with E-state index in [2.05, 4.69) is 5.32 Å². The maximum absolute atomic E-state index is 13.2. The summed E-state index contributed by atoms with van der Waals surface area (Å²) in [5, 5.41) is 2.64. The standard InChI is InChI=1S/C13H29NO4P2/c1-5-17-20(16,18-6-2)13(10-8-7-9-11-13)14-12-19(3,4)15/h14H,5-12H2,1-4H3. The van der Waals surface area contributed by atoms with E-state index in [9.17, 15) is 9.13 Å². The van der Waals surface area contributed by atoms with E-state index in [1.165, 1.54) is 0 Å². The molecule has 7 heteroatoms. The Morgan fingerprint density at radius 3 is 1.90 bits per heavy atom. The van der Waals surface area contributed by atoms with E-state index in [1.807, 2.05) is 13.8 Å². The molecule has 0 aromatic carbocycles. The summed E-state index contributed by atoms with van der Waals surface area (Å²) >= 11 is 0. The van der Waals surface area contributed by atoms with Gasteiger partial charge in [-0.05, 0) is 40.0 Å². The van der Waals surface area contributed by atoms with E-state index in [1.54, 1.807) is 13.3 Å². The van der Waals surface area contributed by atoms with E-state index >= 15 is 0 Å². The van der Waals surface area contributed by atoms with Crippen LogP contribution in [0.2, 0.25) is 0 Å². The zero-order valence-electron chi connectivity index (χ0n) is 13.2. The first-order valence-corrected chi connectivity index (χ1v) is 11.8. The smallest absolute Gasteiger partial charge is 0.323 e. The predicted octanol–water partition coefficient (Wildman–Crippen LogP) is 4.08. The van der Waals surface area contributed by atoms with Gasteiger partial charge in [-0.25, -0.2) is 0 Å². The lowest BCUT2D eigenvalue weighted by molar-refractivity contribution is 0.169. The van der Waals surface area contributed by atoms with Crippen molar-refractivity contribution in [3.63, 3.8) is 0 Å². The topological polar surface area (TPSA) is 64.6 Å². The molecule has 0 atom stereocenters. The van der Waals surface area contributed by atoms with Crippen LogP contribution in [0.15, 0.2) is 0 Å². The molecule has 0 aromatic heterocycles. The summed E-state index contributed by atoms with van der Waals surface area (Å²) in [7, 11) is -5.47. The maximum atomic E-state index is 13.2. The Bertz CT molecular complexity index is 378. The van der Waals surface area contributed by atoms with Crippen molar-refractivity contribution in [2.75, 3.05) is 32.8 Å². The van der Waals surface area contributed by atoms with Gasteiger partial charge in [-0.15, -0.1) is 0 Å². The first-order chi connectivity index (χ1) is 9.29. The molecule has 5 nitrogen and oxygen atoms in total. The molecule has 20 heavy (non-hydrogen) atoms. The highest BCUT2D eigenvalue weighted by Gasteiger charge is 2.51. The summed E-state index contributed by atoms with van der Waals surface area (Å²) in [6.45, 7) is 7.85. The monoisotopic (exact) mass is 325 g/mol. The number of hydrogen-bond acceptors (Lipinski definition) is 5. The number of rotatable bonds is 8. The highest BCUT2D eigenvalue weighted by Crippen LogP contribution is 2.64. The largest absolute Gasteiger partial charge is 0.350 e. The van der Waals surface area contributed by atoms with Crippen LogP contribution in [-0.2, 0) is 18.2 Å². The molecule has 0 heterocycles. The number of hydrogen-bond donors (Lipinski definition) is 1. The second-order valence-electron chi connectivity index (χ2n) is 5.83. The van der Waals surface area contributed by atoms with Gasteiger partial charge in [-0.2, -0.15) is 0 Å². The van der Waals surface area contributed by atoms with Crippen molar-refractivity contribution in [2.24, 2.45) is 0 Å². The van der Waals surface area contributed by atoms with Gasteiger partial charge in [0.1, 0.15) is 5.28 Å². The molecule has 0 saturated heterocycles. The molecule has 0 unspecified atom stereocenters. The molecular weight excluding hydrogens is 296 g/mol. The molecule has 0 radical (unpaired) electrons. The first-order valence-electron chi connectivity index (χ1n) is 7.47. The van der Waals surface area contributed by atoms with Crippen LogP contribution >= 0.6 is 14.7 Å². The summed E-state index contributed by atoms with van der Waals surface area (Å²) in [6.07, 6.45) is 5.01.